The predicted molar refractivity (Wildman–Crippen MR) is 69.4 cm³/mol. The van der Waals surface area contributed by atoms with Gasteiger partial charge in [0.05, 0.1) is 0 Å². The van der Waals surface area contributed by atoms with E-state index in [4.69, 9.17) is 12.6 Å². The first kappa shape index (κ1) is 12.5. The van der Waals surface area contributed by atoms with Crippen molar-refractivity contribution < 1.29 is 0 Å². The summed E-state index contributed by atoms with van der Waals surface area (Å²) >= 11 is 5.05. The molecule has 1 heteroatoms. The Labute approximate surface area is 99.5 Å². The zero-order valence-electron chi connectivity index (χ0n) is 9.67. The van der Waals surface area contributed by atoms with Crippen molar-refractivity contribution in [3.05, 3.63) is 29.8 Å². The zero-order valence-corrected chi connectivity index (χ0v) is 10.5. The summed E-state index contributed by atoms with van der Waals surface area (Å²) in [5, 5.41) is 0. The summed E-state index contributed by atoms with van der Waals surface area (Å²) in [6.45, 7) is 2.26. The molecule has 83 valence electrons. The van der Waals surface area contributed by atoms with E-state index in [2.05, 4.69) is 19.1 Å². The fourth-order valence-corrected chi connectivity index (χ4v) is 1.90. The van der Waals surface area contributed by atoms with E-state index in [1.165, 1.54) is 50.5 Å². The molecule has 1 rings (SSSR count). The molecule has 0 aliphatic carbocycles. The van der Waals surface area contributed by atoms with E-state index >= 15 is 0 Å². The second-order valence-electron chi connectivity index (χ2n) is 4.16. The summed E-state index contributed by atoms with van der Waals surface area (Å²) in [4.78, 5) is 0.946. The molecule has 0 bridgehead atoms. The Kier molecular flexibility index (Phi) is 6.42. The number of benzene rings is 1. The Morgan fingerprint density at radius 1 is 0.867 bits per heavy atom. The quantitative estimate of drug-likeness (QED) is 0.559. The van der Waals surface area contributed by atoms with Crippen LogP contribution in [0, 0.1) is 0 Å². The first-order chi connectivity index (χ1) is 7.33. The highest BCUT2D eigenvalue weighted by atomic mass is 32.1. The first-order valence-electron chi connectivity index (χ1n) is 6.09. The third kappa shape index (κ3) is 5.78. The molecule has 0 aliphatic heterocycles. The van der Waals surface area contributed by atoms with E-state index in [1.807, 2.05) is 12.1 Å². The minimum atomic E-state index is 0.946. The predicted octanol–water partition coefficient (Wildman–Crippen LogP) is 5.15. The summed E-state index contributed by atoms with van der Waals surface area (Å²) in [6, 6.07) is 8.38. The molecule has 0 spiro atoms. The Hall–Kier alpha value is -0.560. The normalized spacial score (nSPS) is 10.5. The van der Waals surface area contributed by atoms with Crippen molar-refractivity contribution in [2.24, 2.45) is 0 Å². The van der Waals surface area contributed by atoms with Crippen molar-refractivity contribution in [2.75, 3.05) is 0 Å². The van der Waals surface area contributed by atoms with Crippen LogP contribution < -0.4 is 0 Å². The first-order valence-corrected chi connectivity index (χ1v) is 6.49. The number of rotatable bonds is 7. The van der Waals surface area contributed by atoms with Gasteiger partial charge in [0.2, 0.25) is 0 Å². The van der Waals surface area contributed by atoms with Crippen LogP contribution in [0.3, 0.4) is 0 Å². The highest BCUT2D eigenvalue weighted by molar-refractivity contribution is 7.80. The van der Waals surface area contributed by atoms with Crippen LogP contribution in [0.15, 0.2) is 29.2 Å². The molecular formula is C14H21S. The Morgan fingerprint density at radius 3 is 2.13 bits per heavy atom. The largest absolute Gasteiger partial charge is 0.0801 e. The molecule has 0 aromatic heterocycles. The third-order valence-electron chi connectivity index (χ3n) is 2.74. The van der Waals surface area contributed by atoms with E-state index in [1.54, 1.807) is 0 Å². The number of aryl methyl sites for hydroxylation is 1. The average molecular weight is 221 g/mol. The monoisotopic (exact) mass is 221 g/mol. The molecule has 0 nitrogen and oxygen atoms in total. The molecular weight excluding hydrogens is 200 g/mol. The maximum absolute atomic E-state index is 5.05. The van der Waals surface area contributed by atoms with Crippen LogP contribution in [-0.4, -0.2) is 0 Å². The molecule has 0 aliphatic rings. The molecule has 1 radical (unpaired) electrons. The second kappa shape index (κ2) is 7.70. The van der Waals surface area contributed by atoms with Crippen LogP contribution in [0.2, 0.25) is 0 Å². The van der Waals surface area contributed by atoms with Crippen LogP contribution in [0.25, 0.3) is 0 Å². The Morgan fingerprint density at radius 2 is 1.47 bits per heavy atom. The third-order valence-corrected chi connectivity index (χ3v) is 3.01. The molecule has 0 heterocycles. The van der Waals surface area contributed by atoms with E-state index in [0.717, 1.165) is 4.90 Å². The molecule has 0 atom stereocenters. The molecule has 0 saturated heterocycles. The van der Waals surface area contributed by atoms with Crippen LogP contribution in [0.1, 0.15) is 51.0 Å². The fraction of sp³-hybridized carbons (Fsp3) is 0.571. The van der Waals surface area contributed by atoms with Gasteiger partial charge >= 0.3 is 0 Å². The van der Waals surface area contributed by atoms with Crippen LogP contribution in [0.4, 0.5) is 0 Å². The fourth-order valence-electron chi connectivity index (χ4n) is 1.77. The molecule has 0 unspecified atom stereocenters. The van der Waals surface area contributed by atoms with Gasteiger partial charge in [-0.15, -0.1) is 0 Å². The molecule has 15 heavy (non-hydrogen) atoms. The second-order valence-corrected chi connectivity index (χ2v) is 4.63. The highest BCUT2D eigenvalue weighted by Gasteiger charge is 1.94. The molecule has 0 N–H and O–H groups in total. The zero-order chi connectivity index (χ0) is 10.9. The SMILES string of the molecule is CCCCCCCCc1ccc([S])cc1. The van der Waals surface area contributed by atoms with Gasteiger partial charge in [0, 0.05) is 4.90 Å². The van der Waals surface area contributed by atoms with Gasteiger partial charge in [-0.1, -0.05) is 63.8 Å². The lowest BCUT2D eigenvalue weighted by molar-refractivity contribution is 0.607. The summed E-state index contributed by atoms with van der Waals surface area (Å²) in [5.41, 5.74) is 1.43. The minimum absolute atomic E-state index is 0.946. The Bertz CT molecular complexity index is 251. The van der Waals surface area contributed by atoms with Crippen molar-refractivity contribution in [1.29, 1.82) is 0 Å². The topological polar surface area (TPSA) is 0 Å². The molecule has 0 fully saturated rings. The lowest BCUT2D eigenvalue weighted by Crippen LogP contribution is -1.85. The van der Waals surface area contributed by atoms with Gasteiger partial charge in [-0.2, -0.15) is 0 Å². The summed E-state index contributed by atoms with van der Waals surface area (Å²) < 4.78 is 0. The van der Waals surface area contributed by atoms with Crippen molar-refractivity contribution in [2.45, 2.75) is 56.8 Å². The molecule has 1 aromatic carbocycles. The van der Waals surface area contributed by atoms with Crippen LogP contribution in [-0.2, 0) is 6.42 Å². The van der Waals surface area contributed by atoms with Gasteiger partial charge in [0.25, 0.3) is 0 Å². The minimum Gasteiger partial charge on any atom is -0.0801 e. The van der Waals surface area contributed by atoms with Gasteiger partial charge in [0.1, 0.15) is 0 Å². The van der Waals surface area contributed by atoms with Crippen molar-refractivity contribution in [1.82, 2.24) is 0 Å². The maximum atomic E-state index is 5.05. The van der Waals surface area contributed by atoms with Gasteiger partial charge in [0.15, 0.2) is 0 Å². The van der Waals surface area contributed by atoms with Crippen molar-refractivity contribution in [3.8, 4) is 0 Å². The molecule has 0 amide bonds. The van der Waals surface area contributed by atoms with Gasteiger partial charge in [-0.05, 0) is 30.5 Å². The van der Waals surface area contributed by atoms with E-state index in [-0.39, 0.29) is 0 Å². The van der Waals surface area contributed by atoms with E-state index in [9.17, 15) is 0 Å². The lowest BCUT2D eigenvalue weighted by atomic mass is 10.1. The summed E-state index contributed by atoms with van der Waals surface area (Å²) in [7, 11) is 0. The highest BCUT2D eigenvalue weighted by Crippen LogP contribution is 2.12. The average Bonchev–Trinajstić information content (AvgIpc) is 2.26. The molecule has 1 aromatic rings. The van der Waals surface area contributed by atoms with Gasteiger partial charge in [-0.3, -0.25) is 0 Å². The standard InChI is InChI=1S/C14H21S/c1-2-3-4-5-6-7-8-13-9-11-14(15)12-10-13/h9-12H,2-8H2,1H3. The van der Waals surface area contributed by atoms with Crippen LogP contribution >= 0.6 is 12.6 Å². The van der Waals surface area contributed by atoms with E-state index < -0.39 is 0 Å². The lowest BCUT2D eigenvalue weighted by Gasteiger charge is -2.02. The van der Waals surface area contributed by atoms with Crippen LogP contribution in [0.5, 0.6) is 0 Å². The van der Waals surface area contributed by atoms with Gasteiger partial charge in [-0.25, -0.2) is 0 Å². The van der Waals surface area contributed by atoms with Gasteiger partial charge < -0.3 is 0 Å². The summed E-state index contributed by atoms with van der Waals surface area (Å²) in [5.74, 6) is 0. The maximum Gasteiger partial charge on any atom is 0.0377 e. The summed E-state index contributed by atoms with van der Waals surface area (Å²) in [6.07, 6.45) is 9.43. The van der Waals surface area contributed by atoms with E-state index in [0.29, 0.717) is 0 Å². The number of hydrogen-bond donors (Lipinski definition) is 0. The number of unbranched alkanes of at least 4 members (excludes halogenated alkanes) is 5. The van der Waals surface area contributed by atoms with Crippen molar-refractivity contribution in [3.63, 3.8) is 0 Å². The Balaban J connectivity index is 2.07. The smallest absolute Gasteiger partial charge is 0.0377 e. The number of hydrogen-bond acceptors (Lipinski definition) is 0. The van der Waals surface area contributed by atoms with Crippen molar-refractivity contribution >= 4 is 12.6 Å². The molecule has 0 saturated carbocycles.